The largest absolute Gasteiger partial charge is 0.507 e. The topological polar surface area (TPSA) is 35.5 Å². The average Bonchev–Trinajstić information content (AvgIpc) is 2.14. The van der Waals surface area contributed by atoms with Crippen LogP contribution in [0.4, 0.5) is 4.79 Å². The Hall–Kier alpha value is -0.730. The molecule has 0 N–H and O–H groups in total. The van der Waals surface area contributed by atoms with E-state index in [0.717, 1.165) is 6.42 Å². The first-order valence-corrected chi connectivity index (χ1v) is 4.91. The van der Waals surface area contributed by atoms with E-state index in [4.69, 9.17) is 4.74 Å². The lowest BCUT2D eigenvalue weighted by molar-refractivity contribution is 0.0607. The summed E-state index contributed by atoms with van der Waals surface area (Å²) < 4.78 is 9.19. The molecule has 0 aliphatic rings. The van der Waals surface area contributed by atoms with Crippen molar-refractivity contribution in [2.45, 2.75) is 39.5 Å². The average molecular weight is 188 g/mol. The monoisotopic (exact) mass is 188 g/mol. The molecule has 3 nitrogen and oxygen atoms in total. The number of carbonyl (C=O) groups excluding carboxylic acids is 1. The van der Waals surface area contributed by atoms with E-state index < -0.39 is 6.16 Å². The number of rotatable bonds is 6. The molecule has 0 rings (SSSR count). The Morgan fingerprint density at radius 3 is 2.62 bits per heavy atom. The van der Waals surface area contributed by atoms with Crippen LogP contribution in [0, 0.1) is 5.92 Å². The zero-order valence-corrected chi connectivity index (χ0v) is 8.84. The molecule has 3 heteroatoms. The van der Waals surface area contributed by atoms with Gasteiger partial charge in [-0.2, -0.15) is 0 Å². The van der Waals surface area contributed by atoms with Gasteiger partial charge < -0.3 is 9.47 Å². The van der Waals surface area contributed by atoms with E-state index >= 15 is 0 Å². The zero-order valence-electron chi connectivity index (χ0n) is 8.84. The van der Waals surface area contributed by atoms with Gasteiger partial charge in [0.15, 0.2) is 0 Å². The van der Waals surface area contributed by atoms with Crippen LogP contribution in [0.3, 0.4) is 0 Å². The minimum Gasteiger partial charge on any atom is -0.438 e. The molecular weight excluding hydrogens is 168 g/mol. The summed E-state index contributed by atoms with van der Waals surface area (Å²) in [6.45, 7) is 4.73. The van der Waals surface area contributed by atoms with Crippen molar-refractivity contribution < 1.29 is 14.3 Å². The summed E-state index contributed by atoms with van der Waals surface area (Å²) in [5.74, 6) is 0.436. The molecule has 0 heterocycles. The fourth-order valence-electron chi connectivity index (χ4n) is 1.10. The molecular formula is C10H20O3. The summed E-state index contributed by atoms with van der Waals surface area (Å²) in [4.78, 5) is 10.6. The van der Waals surface area contributed by atoms with Crippen LogP contribution >= 0.6 is 0 Å². The van der Waals surface area contributed by atoms with Crippen LogP contribution in [0.25, 0.3) is 0 Å². The second-order valence-corrected chi connectivity index (χ2v) is 3.37. The van der Waals surface area contributed by atoms with Gasteiger partial charge in [0.05, 0.1) is 13.7 Å². The molecule has 1 unspecified atom stereocenters. The van der Waals surface area contributed by atoms with Crippen molar-refractivity contribution in [3.8, 4) is 0 Å². The SMILES string of the molecule is CCCCCC(C)COC(=O)OC. The minimum absolute atomic E-state index is 0.436. The van der Waals surface area contributed by atoms with Gasteiger partial charge in [-0.3, -0.25) is 0 Å². The highest BCUT2D eigenvalue weighted by Gasteiger charge is 2.06. The van der Waals surface area contributed by atoms with Gasteiger partial charge in [0, 0.05) is 0 Å². The zero-order chi connectivity index (χ0) is 10.1. The second-order valence-electron chi connectivity index (χ2n) is 3.37. The molecule has 0 aromatic carbocycles. The van der Waals surface area contributed by atoms with Gasteiger partial charge in [-0.25, -0.2) is 4.79 Å². The van der Waals surface area contributed by atoms with E-state index in [1.807, 2.05) is 0 Å². The molecule has 0 fully saturated rings. The van der Waals surface area contributed by atoms with Crippen LogP contribution in [0.5, 0.6) is 0 Å². The molecule has 0 saturated heterocycles. The first-order valence-electron chi connectivity index (χ1n) is 4.91. The molecule has 0 spiro atoms. The summed E-state index contributed by atoms with van der Waals surface area (Å²) in [5, 5.41) is 0. The molecule has 0 aromatic heterocycles. The van der Waals surface area contributed by atoms with E-state index in [1.165, 1.54) is 26.4 Å². The van der Waals surface area contributed by atoms with Crippen LogP contribution in [0.15, 0.2) is 0 Å². The molecule has 13 heavy (non-hydrogen) atoms. The molecule has 0 bridgehead atoms. The first kappa shape index (κ1) is 12.3. The molecule has 0 radical (unpaired) electrons. The van der Waals surface area contributed by atoms with E-state index in [-0.39, 0.29) is 0 Å². The Labute approximate surface area is 80.4 Å². The molecule has 0 amide bonds. The summed E-state index contributed by atoms with van der Waals surface area (Å²) in [6.07, 6.45) is 4.22. The molecule has 0 aromatic rings. The Morgan fingerprint density at radius 2 is 2.08 bits per heavy atom. The number of hydrogen-bond acceptors (Lipinski definition) is 3. The third kappa shape index (κ3) is 7.62. The normalized spacial score (nSPS) is 12.2. The van der Waals surface area contributed by atoms with Crippen LogP contribution in [0.2, 0.25) is 0 Å². The number of carbonyl (C=O) groups is 1. The van der Waals surface area contributed by atoms with Crippen LogP contribution in [-0.4, -0.2) is 19.9 Å². The van der Waals surface area contributed by atoms with Crippen LogP contribution in [-0.2, 0) is 9.47 Å². The number of ether oxygens (including phenoxy) is 2. The number of unbranched alkanes of at least 4 members (excludes halogenated alkanes) is 2. The lowest BCUT2D eigenvalue weighted by Gasteiger charge is -2.10. The summed E-state index contributed by atoms with van der Waals surface area (Å²) >= 11 is 0. The van der Waals surface area contributed by atoms with Crippen molar-refractivity contribution >= 4 is 6.16 Å². The van der Waals surface area contributed by atoms with Gasteiger partial charge in [-0.1, -0.05) is 33.1 Å². The summed E-state index contributed by atoms with van der Waals surface area (Å²) in [6, 6.07) is 0. The highest BCUT2D eigenvalue weighted by atomic mass is 16.7. The van der Waals surface area contributed by atoms with Crippen molar-refractivity contribution in [3.63, 3.8) is 0 Å². The fourth-order valence-corrected chi connectivity index (χ4v) is 1.10. The van der Waals surface area contributed by atoms with E-state index in [2.05, 4.69) is 18.6 Å². The molecule has 1 atom stereocenters. The Bertz CT molecular complexity index is 134. The van der Waals surface area contributed by atoms with Gasteiger partial charge in [-0.05, 0) is 12.3 Å². The maximum atomic E-state index is 10.6. The summed E-state index contributed by atoms with van der Waals surface area (Å²) in [7, 11) is 1.32. The van der Waals surface area contributed by atoms with Gasteiger partial charge in [0.25, 0.3) is 0 Å². The van der Waals surface area contributed by atoms with Crippen LogP contribution < -0.4 is 0 Å². The van der Waals surface area contributed by atoms with Crippen molar-refractivity contribution in [2.75, 3.05) is 13.7 Å². The van der Waals surface area contributed by atoms with Gasteiger partial charge in [0.1, 0.15) is 0 Å². The third-order valence-electron chi connectivity index (χ3n) is 1.95. The second kappa shape index (κ2) is 7.90. The minimum atomic E-state index is -0.581. The maximum Gasteiger partial charge on any atom is 0.507 e. The number of hydrogen-bond donors (Lipinski definition) is 0. The highest BCUT2D eigenvalue weighted by Crippen LogP contribution is 2.09. The van der Waals surface area contributed by atoms with Crippen molar-refractivity contribution in [3.05, 3.63) is 0 Å². The molecule has 0 saturated carbocycles. The smallest absolute Gasteiger partial charge is 0.438 e. The first-order chi connectivity index (χ1) is 6.20. The van der Waals surface area contributed by atoms with Crippen molar-refractivity contribution in [2.24, 2.45) is 5.92 Å². The Kier molecular flexibility index (Phi) is 7.45. The maximum absolute atomic E-state index is 10.6. The lowest BCUT2D eigenvalue weighted by Crippen LogP contribution is -2.11. The van der Waals surface area contributed by atoms with Gasteiger partial charge in [-0.15, -0.1) is 0 Å². The molecule has 0 aliphatic carbocycles. The van der Waals surface area contributed by atoms with Crippen LogP contribution in [0.1, 0.15) is 39.5 Å². The van der Waals surface area contributed by atoms with E-state index in [1.54, 1.807) is 0 Å². The van der Waals surface area contributed by atoms with Gasteiger partial charge >= 0.3 is 6.16 Å². The van der Waals surface area contributed by atoms with Gasteiger partial charge in [0.2, 0.25) is 0 Å². The van der Waals surface area contributed by atoms with Crippen molar-refractivity contribution in [1.82, 2.24) is 0 Å². The van der Waals surface area contributed by atoms with Crippen molar-refractivity contribution in [1.29, 1.82) is 0 Å². The molecule has 0 aliphatic heterocycles. The third-order valence-corrected chi connectivity index (χ3v) is 1.95. The van der Waals surface area contributed by atoms with E-state index in [9.17, 15) is 4.79 Å². The van der Waals surface area contributed by atoms with E-state index in [0.29, 0.717) is 12.5 Å². The highest BCUT2D eigenvalue weighted by molar-refractivity contribution is 5.59. The predicted octanol–water partition coefficient (Wildman–Crippen LogP) is 2.99. The lowest BCUT2D eigenvalue weighted by atomic mass is 10.0. The summed E-state index contributed by atoms with van der Waals surface area (Å²) in [5.41, 5.74) is 0. The Balaban J connectivity index is 3.29. The fraction of sp³-hybridized carbons (Fsp3) is 0.900. The number of methoxy groups -OCH3 is 1. The molecule has 78 valence electrons. The quantitative estimate of drug-likeness (QED) is 0.475. The Morgan fingerprint density at radius 1 is 1.38 bits per heavy atom. The standard InChI is InChI=1S/C10H20O3/c1-4-5-6-7-9(2)8-13-10(11)12-3/h9H,4-8H2,1-3H3. The predicted molar refractivity (Wildman–Crippen MR) is 51.7 cm³/mol.